The Morgan fingerprint density at radius 3 is 2.43 bits per heavy atom. The van der Waals surface area contributed by atoms with Gasteiger partial charge >= 0.3 is 0 Å². The zero-order chi connectivity index (χ0) is 16.6. The molecule has 0 atom stereocenters. The van der Waals surface area contributed by atoms with Crippen LogP contribution in [0.2, 0.25) is 0 Å². The molecular weight excluding hydrogens is 314 g/mol. The summed E-state index contributed by atoms with van der Waals surface area (Å²) >= 11 is 0. The third kappa shape index (κ3) is 3.20. The van der Waals surface area contributed by atoms with Crippen molar-refractivity contribution in [2.75, 3.05) is 11.4 Å². The number of carbonyl (C=O) groups is 1. The molecule has 0 bridgehead atoms. The molecule has 3 rings (SSSR count). The van der Waals surface area contributed by atoms with Gasteiger partial charge in [-0.1, -0.05) is 12.1 Å². The molecule has 1 heterocycles. The molecule has 0 radical (unpaired) electrons. The zero-order valence-electron chi connectivity index (χ0n) is 12.4. The number of amides is 1. The summed E-state index contributed by atoms with van der Waals surface area (Å²) in [6, 6.07) is 12.1. The number of primary amides is 1. The highest BCUT2D eigenvalue weighted by molar-refractivity contribution is 7.89. The van der Waals surface area contributed by atoms with Crippen LogP contribution in [0.4, 0.5) is 5.69 Å². The number of sulfonamides is 1. The lowest BCUT2D eigenvalue weighted by atomic mass is 10.1. The number of rotatable bonds is 4. The van der Waals surface area contributed by atoms with E-state index in [2.05, 4.69) is 4.90 Å². The molecule has 0 saturated carbocycles. The number of fused-ring (bicyclic) bond motifs is 1. The third-order valence-corrected chi connectivity index (χ3v) is 4.89. The molecule has 0 aromatic heterocycles. The Morgan fingerprint density at radius 2 is 1.83 bits per heavy atom. The molecule has 1 aliphatic rings. The molecule has 7 heteroatoms. The first-order valence-electron chi connectivity index (χ1n) is 7.14. The number of anilines is 1. The van der Waals surface area contributed by atoms with Crippen molar-refractivity contribution in [3.05, 3.63) is 59.2 Å². The molecule has 4 N–H and O–H groups in total. The monoisotopic (exact) mass is 331 g/mol. The van der Waals surface area contributed by atoms with Gasteiger partial charge < -0.3 is 10.6 Å². The van der Waals surface area contributed by atoms with Crippen LogP contribution < -0.4 is 15.8 Å². The standard InChI is InChI=1S/C16H17N3O3S/c17-16(20)12-3-1-11(2-4-12)10-19-8-7-13-9-14(23(18,21)22)5-6-15(13)19/h1-6,9H,7-8,10H2,(H2,17,20)(H2,18,21,22). The second kappa shape index (κ2) is 5.68. The number of hydrogen-bond donors (Lipinski definition) is 2. The van der Waals surface area contributed by atoms with Crippen LogP contribution in [-0.4, -0.2) is 20.9 Å². The average Bonchev–Trinajstić information content (AvgIpc) is 2.89. The van der Waals surface area contributed by atoms with E-state index < -0.39 is 15.9 Å². The number of nitrogens with zero attached hydrogens (tertiary/aromatic N) is 1. The molecule has 0 aliphatic carbocycles. The molecule has 23 heavy (non-hydrogen) atoms. The second-order valence-electron chi connectivity index (χ2n) is 5.57. The smallest absolute Gasteiger partial charge is 0.248 e. The number of benzene rings is 2. The first kappa shape index (κ1) is 15.5. The average molecular weight is 331 g/mol. The predicted molar refractivity (Wildman–Crippen MR) is 87.5 cm³/mol. The van der Waals surface area contributed by atoms with Crippen LogP contribution in [-0.2, 0) is 23.0 Å². The van der Waals surface area contributed by atoms with Crippen molar-refractivity contribution in [3.8, 4) is 0 Å². The number of primary sulfonamides is 1. The zero-order valence-corrected chi connectivity index (χ0v) is 13.2. The minimum absolute atomic E-state index is 0.143. The Labute approximate surface area is 134 Å². The van der Waals surface area contributed by atoms with Crippen molar-refractivity contribution in [1.29, 1.82) is 0 Å². The van der Waals surface area contributed by atoms with Gasteiger partial charge in [-0.05, 0) is 47.9 Å². The topological polar surface area (TPSA) is 106 Å². The van der Waals surface area contributed by atoms with Crippen LogP contribution in [0.15, 0.2) is 47.4 Å². The molecule has 1 amide bonds. The molecule has 120 valence electrons. The van der Waals surface area contributed by atoms with Crippen molar-refractivity contribution in [1.82, 2.24) is 0 Å². The molecule has 0 spiro atoms. The van der Waals surface area contributed by atoms with E-state index in [1.165, 1.54) is 6.07 Å². The number of carbonyl (C=O) groups excluding carboxylic acids is 1. The lowest BCUT2D eigenvalue weighted by Crippen LogP contribution is -2.20. The summed E-state index contributed by atoms with van der Waals surface area (Å²) in [6.45, 7) is 1.49. The van der Waals surface area contributed by atoms with E-state index in [4.69, 9.17) is 10.9 Å². The van der Waals surface area contributed by atoms with Gasteiger partial charge in [-0.3, -0.25) is 4.79 Å². The van der Waals surface area contributed by atoms with Gasteiger partial charge in [-0.2, -0.15) is 0 Å². The van der Waals surface area contributed by atoms with Crippen LogP contribution in [0.5, 0.6) is 0 Å². The highest BCUT2D eigenvalue weighted by Crippen LogP contribution is 2.31. The van der Waals surface area contributed by atoms with Crippen molar-refractivity contribution in [3.63, 3.8) is 0 Å². The molecule has 0 saturated heterocycles. The minimum Gasteiger partial charge on any atom is -0.367 e. The lowest BCUT2D eigenvalue weighted by Gasteiger charge is -2.19. The molecule has 6 nitrogen and oxygen atoms in total. The van der Waals surface area contributed by atoms with E-state index in [0.717, 1.165) is 29.8 Å². The van der Waals surface area contributed by atoms with Crippen molar-refractivity contribution in [2.45, 2.75) is 17.9 Å². The van der Waals surface area contributed by atoms with E-state index in [1.54, 1.807) is 24.3 Å². The van der Waals surface area contributed by atoms with E-state index in [1.807, 2.05) is 12.1 Å². The fourth-order valence-corrected chi connectivity index (χ4v) is 3.35. The van der Waals surface area contributed by atoms with Gasteiger partial charge in [-0.15, -0.1) is 0 Å². The molecule has 2 aromatic carbocycles. The fourth-order valence-electron chi connectivity index (χ4n) is 2.78. The van der Waals surface area contributed by atoms with Gasteiger partial charge in [0.2, 0.25) is 15.9 Å². The molecule has 1 aliphatic heterocycles. The summed E-state index contributed by atoms with van der Waals surface area (Å²) in [5.41, 5.74) is 8.75. The van der Waals surface area contributed by atoms with Crippen molar-refractivity contribution >= 4 is 21.6 Å². The maximum absolute atomic E-state index is 11.4. The summed E-state index contributed by atoms with van der Waals surface area (Å²) in [5.74, 6) is -0.446. The first-order chi connectivity index (χ1) is 10.8. The Balaban J connectivity index is 1.81. The minimum atomic E-state index is -3.68. The third-order valence-electron chi connectivity index (χ3n) is 3.98. The summed E-state index contributed by atoms with van der Waals surface area (Å²) in [4.78, 5) is 13.4. The van der Waals surface area contributed by atoms with Gasteiger partial charge in [0.1, 0.15) is 0 Å². The Morgan fingerprint density at radius 1 is 1.13 bits per heavy atom. The normalized spacial score (nSPS) is 13.9. The highest BCUT2D eigenvalue weighted by atomic mass is 32.2. The maximum atomic E-state index is 11.4. The quantitative estimate of drug-likeness (QED) is 0.871. The largest absolute Gasteiger partial charge is 0.367 e. The van der Waals surface area contributed by atoms with E-state index >= 15 is 0 Å². The van der Waals surface area contributed by atoms with Crippen molar-refractivity contribution in [2.24, 2.45) is 10.9 Å². The van der Waals surface area contributed by atoms with Crippen LogP contribution in [0.3, 0.4) is 0 Å². The maximum Gasteiger partial charge on any atom is 0.248 e. The van der Waals surface area contributed by atoms with E-state index in [0.29, 0.717) is 12.1 Å². The number of nitrogens with two attached hydrogens (primary N) is 2. The van der Waals surface area contributed by atoms with Gasteiger partial charge in [0, 0.05) is 24.3 Å². The van der Waals surface area contributed by atoms with Gasteiger partial charge in [0.25, 0.3) is 0 Å². The fraction of sp³-hybridized carbons (Fsp3) is 0.188. The lowest BCUT2D eigenvalue weighted by molar-refractivity contribution is 0.100. The first-order valence-corrected chi connectivity index (χ1v) is 8.68. The molecular formula is C16H17N3O3S. The Kier molecular flexibility index (Phi) is 3.83. The summed E-state index contributed by atoms with van der Waals surface area (Å²) in [5, 5.41) is 5.17. The predicted octanol–water partition coefficient (Wildman–Crippen LogP) is 0.996. The molecule has 0 unspecified atom stereocenters. The molecule has 0 fully saturated rings. The molecule has 2 aromatic rings. The van der Waals surface area contributed by atoms with E-state index in [-0.39, 0.29) is 4.90 Å². The van der Waals surface area contributed by atoms with Gasteiger partial charge in [0.05, 0.1) is 4.90 Å². The van der Waals surface area contributed by atoms with Gasteiger partial charge in [0.15, 0.2) is 0 Å². The Hall–Kier alpha value is -2.38. The van der Waals surface area contributed by atoms with Crippen molar-refractivity contribution < 1.29 is 13.2 Å². The Bertz CT molecular complexity index is 861. The summed E-state index contributed by atoms with van der Waals surface area (Å²) < 4.78 is 22.8. The van der Waals surface area contributed by atoms with Gasteiger partial charge in [-0.25, -0.2) is 13.6 Å². The highest BCUT2D eigenvalue weighted by Gasteiger charge is 2.21. The summed E-state index contributed by atoms with van der Waals surface area (Å²) in [6.07, 6.45) is 0.776. The van der Waals surface area contributed by atoms with E-state index in [9.17, 15) is 13.2 Å². The van der Waals surface area contributed by atoms with Crippen LogP contribution >= 0.6 is 0 Å². The SMILES string of the molecule is NC(=O)c1ccc(CN2CCc3cc(S(N)(=O)=O)ccc32)cc1. The summed E-state index contributed by atoms with van der Waals surface area (Å²) in [7, 11) is -3.68. The van der Waals surface area contributed by atoms with Crippen LogP contribution in [0, 0.1) is 0 Å². The van der Waals surface area contributed by atoms with Crippen LogP contribution in [0.25, 0.3) is 0 Å². The number of hydrogen-bond acceptors (Lipinski definition) is 4. The second-order valence-corrected chi connectivity index (χ2v) is 7.13. The van der Waals surface area contributed by atoms with Crippen LogP contribution in [0.1, 0.15) is 21.5 Å².